The second-order valence-corrected chi connectivity index (χ2v) is 7.97. The minimum atomic E-state index is -0.702. The largest absolute Gasteiger partial charge is 0.494 e. The normalized spacial score (nSPS) is 11.8. The van der Waals surface area contributed by atoms with Crippen molar-refractivity contribution < 1.29 is 14.3 Å². The van der Waals surface area contributed by atoms with Gasteiger partial charge in [-0.05, 0) is 87.9 Å². The smallest absolute Gasteiger partial charge is 0.265 e. The van der Waals surface area contributed by atoms with E-state index in [1.807, 2.05) is 38.1 Å². The first-order chi connectivity index (χ1) is 16.4. The summed E-state index contributed by atoms with van der Waals surface area (Å²) in [5.74, 6) is 1.65. The maximum Gasteiger partial charge on any atom is 0.265 e. The number of anilines is 1. The number of para-hydroxylation sites is 1. The highest BCUT2D eigenvalue weighted by Gasteiger charge is 2.17. The first-order valence-corrected chi connectivity index (χ1v) is 11.2. The van der Waals surface area contributed by atoms with Gasteiger partial charge >= 0.3 is 0 Å². The molecule has 0 saturated carbocycles. The number of carbonyl (C=O) groups is 1. The first kappa shape index (κ1) is 23.0. The van der Waals surface area contributed by atoms with Gasteiger partial charge in [-0.3, -0.25) is 14.2 Å². The molecule has 3 aromatic carbocycles. The Labute approximate surface area is 198 Å². The Morgan fingerprint density at radius 3 is 2.44 bits per heavy atom. The first-order valence-electron chi connectivity index (χ1n) is 11.2. The van der Waals surface area contributed by atoms with Crippen molar-refractivity contribution in [2.75, 3.05) is 11.9 Å². The van der Waals surface area contributed by atoms with Crippen LogP contribution in [0.15, 0.2) is 71.5 Å². The van der Waals surface area contributed by atoms with Gasteiger partial charge in [-0.25, -0.2) is 4.98 Å². The molecule has 7 nitrogen and oxygen atoms in total. The fourth-order valence-corrected chi connectivity index (χ4v) is 3.75. The van der Waals surface area contributed by atoms with Crippen molar-refractivity contribution in [1.29, 1.82) is 0 Å². The molecule has 0 bridgehead atoms. The Morgan fingerprint density at radius 1 is 1.03 bits per heavy atom. The lowest BCUT2D eigenvalue weighted by molar-refractivity contribution is -0.122. The topological polar surface area (TPSA) is 82.4 Å². The number of nitrogens with one attached hydrogen (secondary N) is 1. The summed E-state index contributed by atoms with van der Waals surface area (Å²) in [4.78, 5) is 30.4. The van der Waals surface area contributed by atoms with E-state index in [1.165, 1.54) is 0 Å². The van der Waals surface area contributed by atoms with Gasteiger partial charge in [0.15, 0.2) is 6.10 Å². The molecule has 0 aliphatic heterocycles. The summed E-state index contributed by atoms with van der Waals surface area (Å²) in [7, 11) is 0. The van der Waals surface area contributed by atoms with Crippen LogP contribution in [-0.2, 0) is 4.79 Å². The third-order valence-corrected chi connectivity index (χ3v) is 5.49. The van der Waals surface area contributed by atoms with Gasteiger partial charge in [0.1, 0.15) is 17.3 Å². The Bertz CT molecular complexity index is 1390. The number of ether oxygens (including phenoxy) is 2. The molecule has 174 valence electrons. The fraction of sp³-hybridized carbons (Fsp3) is 0.222. The molecule has 1 amide bonds. The second-order valence-electron chi connectivity index (χ2n) is 7.97. The summed E-state index contributed by atoms with van der Waals surface area (Å²) in [5.41, 5.74) is 2.70. The molecule has 1 atom stereocenters. The van der Waals surface area contributed by atoms with Crippen LogP contribution < -0.4 is 20.3 Å². The summed E-state index contributed by atoms with van der Waals surface area (Å²) in [6, 6.07) is 19.9. The summed E-state index contributed by atoms with van der Waals surface area (Å²) in [5, 5.41) is 3.47. The fourth-order valence-electron chi connectivity index (χ4n) is 3.75. The number of fused-ring (bicyclic) bond motifs is 1. The van der Waals surface area contributed by atoms with E-state index in [4.69, 9.17) is 9.47 Å². The van der Waals surface area contributed by atoms with Crippen molar-refractivity contribution in [3.63, 3.8) is 0 Å². The van der Waals surface area contributed by atoms with Crippen LogP contribution >= 0.6 is 0 Å². The van der Waals surface area contributed by atoms with E-state index in [9.17, 15) is 9.59 Å². The number of carbonyl (C=O) groups excluding carboxylic acids is 1. The molecule has 34 heavy (non-hydrogen) atoms. The number of hydrogen-bond donors (Lipinski definition) is 1. The third kappa shape index (κ3) is 4.78. The van der Waals surface area contributed by atoms with E-state index in [0.717, 1.165) is 11.3 Å². The average Bonchev–Trinajstić information content (AvgIpc) is 2.82. The summed E-state index contributed by atoms with van der Waals surface area (Å²) < 4.78 is 12.8. The molecule has 4 aromatic rings. The molecule has 4 rings (SSSR count). The van der Waals surface area contributed by atoms with Gasteiger partial charge in [0.05, 0.1) is 23.2 Å². The van der Waals surface area contributed by atoms with E-state index < -0.39 is 6.10 Å². The van der Waals surface area contributed by atoms with Gasteiger partial charge in [-0.15, -0.1) is 0 Å². The number of benzene rings is 3. The van der Waals surface area contributed by atoms with Gasteiger partial charge in [-0.2, -0.15) is 0 Å². The molecule has 1 unspecified atom stereocenters. The lowest BCUT2D eigenvalue weighted by Gasteiger charge is -2.17. The van der Waals surface area contributed by atoms with E-state index in [0.29, 0.717) is 40.5 Å². The van der Waals surface area contributed by atoms with Crippen molar-refractivity contribution in [2.45, 2.75) is 33.8 Å². The molecule has 1 N–H and O–H groups in total. The second kappa shape index (κ2) is 9.79. The minimum absolute atomic E-state index is 0.128. The standard InChI is InChI=1S/C27H27N3O4/c1-5-33-21-11-13-22(14-12-21)34-18(3)26(31)29-24-15-10-20(16-17(24)2)30-19(4)28-25-9-7-6-8-23(25)27(30)32/h6-16,18H,5H2,1-4H3,(H,29,31). The molecule has 0 aliphatic carbocycles. The summed E-state index contributed by atoms with van der Waals surface area (Å²) in [6.07, 6.45) is -0.702. The lowest BCUT2D eigenvalue weighted by Crippen LogP contribution is -2.30. The van der Waals surface area contributed by atoms with Crippen LogP contribution in [0.3, 0.4) is 0 Å². The number of amides is 1. The Kier molecular flexibility index (Phi) is 6.63. The number of hydrogen-bond acceptors (Lipinski definition) is 5. The summed E-state index contributed by atoms with van der Waals surface area (Å²) in [6.45, 7) is 7.89. The van der Waals surface area contributed by atoms with E-state index in [1.54, 1.807) is 60.9 Å². The number of nitrogens with zero attached hydrogens (tertiary/aromatic N) is 2. The van der Waals surface area contributed by atoms with Crippen molar-refractivity contribution in [3.05, 3.63) is 88.5 Å². The lowest BCUT2D eigenvalue weighted by atomic mass is 10.1. The van der Waals surface area contributed by atoms with Crippen molar-refractivity contribution in [3.8, 4) is 17.2 Å². The Balaban J connectivity index is 1.51. The molecule has 0 spiro atoms. The highest BCUT2D eigenvalue weighted by atomic mass is 16.5. The summed E-state index contributed by atoms with van der Waals surface area (Å²) >= 11 is 0. The molecule has 0 radical (unpaired) electrons. The van der Waals surface area contributed by atoms with Gasteiger partial charge < -0.3 is 14.8 Å². The average molecular weight is 458 g/mol. The molecule has 1 aromatic heterocycles. The van der Waals surface area contributed by atoms with Gasteiger partial charge in [-0.1, -0.05) is 12.1 Å². The minimum Gasteiger partial charge on any atom is -0.494 e. The maximum atomic E-state index is 13.1. The van der Waals surface area contributed by atoms with Crippen LogP contribution in [-0.4, -0.2) is 28.2 Å². The van der Waals surface area contributed by atoms with Gasteiger partial charge in [0.2, 0.25) is 0 Å². The van der Waals surface area contributed by atoms with Crippen LogP contribution in [0.5, 0.6) is 11.5 Å². The SMILES string of the molecule is CCOc1ccc(OC(C)C(=O)Nc2ccc(-n3c(C)nc4ccccc4c3=O)cc2C)cc1. The zero-order valence-corrected chi connectivity index (χ0v) is 19.7. The Hall–Kier alpha value is -4.13. The predicted molar refractivity (Wildman–Crippen MR) is 133 cm³/mol. The molecule has 0 aliphatic rings. The zero-order chi connectivity index (χ0) is 24.2. The quantitative estimate of drug-likeness (QED) is 0.431. The molecule has 1 heterocycles. The van der Waals surface area contributed by atoms with Gasteiger partial charge in [0, 0.05) is 5.69 Å². The highest BCUT2D eigenvalue weighted by molar-refractivity contribution is 5.95. The Morgan fingerprint density at radius 2 is 1.74 bits per heavy atom. The predicted octanol–water partition coefficient (Wildman–Crippen LogP) is 4.81. The van der Waals surface area contributed by atoms with Crippen LogP contribution in [0.4, 0.5) is 5.69 Å². The van der Waals surface area contributed by atoms with Crippen LogP contribution in [0.2, 0.25) is 0 Å². The number of aromatic nitrogens is 2. The van der Waals surface area contributed by atoms with Crippen LogP contribution in [0.25, 0.3) is 16.6 Å². The maximum absolute atomic E-state index is 13.1. The molecule has 0 fully saturated rings. The van der Waals surface area contributed by atoms with E-state index in [-0.39, 0.29) is 11.5 Å². The van der Waals surface area contributed by atoms with Crippen LogP contribution in [0.1, 0.15) is 25.2 Å². The number of aryl methyl sites for hydroxylation is 2. The van der Waals surface area contributed by atoms with Crippen molar-refractivity contribution >= 4 is 22.5 Å². The number of rotatable bonds is 7. The molecule has 7 heteroatoms. The molecular weight excluding hydrogens is 430 g/mol. The van der Waals surface area contributed by atoms with E-state index in [2.05, 4.69) is 10.3 Å². The monoisotopic (exact) mass is 457 g/mol. The van der Waals surface area contributed by atoms with Crippen LogP contribution in [0, 0.1) is 13.8 Å². The molecular formula is C27H27N3O4. The van der Waals surface area contributed by atoms with E-state index >= 15 is 0 Å². The van der Waals surface area contributed by atoms with Crippen molar-refractivity contribution in [2.24, 2.45) is 0 Å². The zero-order valence-electron chi connectivity index (χ0n) is 19.7. The van der Waals surface area contributed by atoms with Gasteiger partial charge in [0.25, 0.3) is 11.5 Å². The highest BCUT2D eigenvalue weighted by Crippen LogP contribution is 2.22. The third-order valence-electron chi connectivity index (χ3n) is 5.49. The van der Waals surface area contributed by atoms with Crippen molar-refractivity contribution in [1.82, 2.24) is 9.55 Å². The molecule has 0 saturated heterocycles.